The van der Waals surface area contributed by atoms with Gasteiger partial charge in [-0.15, -0.1) is 23.1 Å². The Morgan fingerprint density at radius 2 is 2.02 bits per heavy atom. The fourth-order valence-corrected chi connectivity index (χ4v) is 8.98. The summed E-state index contributed by atoms with van der Waals surface area (Å²) in [5.74, 6) is -3.85. The number of thiazole rings is 1. The van der Waals surface area contributed by atoms with Gasteiger partial charge < -0.3 is 51.5 Å². The van der Waals surface area contributed by atoms with E-state index in [-0.39, 0.29) is 42.1 Å². The number of oxime groups is 1. The van der Waals surface area contributed by atoms with Crippen molar-refractivity contribution in [2.75, 3.05) is 24.0 Å². The lowest BCUT2D eigenvalue weighted by Crippen LogP contribution is -2.60. The number of amides is 2. The van der Waals surface area contributed by atoms with E-state index in [1.54, 1.807) is 6.92 Å². The number of aliphatic carboxylic acids is 1. The molecule has 0 saturated heterocycles. The number of carbonyl (C=O) groups excluding carboxylic acids is 3. The second-order valence-corrected chi connectivity index (χ2v) is 16.3. The van der Waals surface area contributed by atoms with Crippen LogP contribution in [0.1, 0.15) is 25.6 Å². The molecule has 1 unspecified atom stereocenters. The Morgan fingerprint density at radius 3 is 2.67 bits per heavy atom. The van der Waals surface area contributed by atoms with E-state index < -0.39 is 54.5 Å². The van der Waals surface area contributed by atoms with Gasteiger partial charge in [-0.1, -0.05) is 16.9 Å². The number of aryl methyl sites for hydroxylation is 1. The van der Waals surface area contributed by atoms with Gasteiger partial charge in [-0.05, 0) is 19.8 Å². The number of carboxylic acid groups (broad SMARTS) is 1. The number of nitrogens with zero attached hydrogens (tertiary/aromatic N) is 5. The van der Waals surface area contributed by atoms with Crippen LogP contribution in [0.5, 0.6) is 0 Å². The summed E-state index contributed by atoms with van der Waals surface area (Å²) < 4.78 is 17.8. The van der Waals surface area contributed by atoms with Gasteiger partial charge >= 0.3 is 13.7 Å². The molecule has 11 N–H and O–H groups in total. The lowest BCUT2D eigenvalue weighted by Gasteiger charge is -2.33. The molecular weight excluding hydrogens is 808 g/mol. The molecule has 0 saturated carbocycles. The van der Waals surface area contributed by atoms with Gasteiger partial charge in [-0.2, -0.15) is 9.36 Å². The summed E-state index contributed by atoms with van der Waals surface area (Å²) in [6, 6.07) is 1.21. The van der Waals surface area contributed by atoms with E-state index >= 15 is 0 Å². The molecule has 0 aliphatic carbocycles. The van der Waals surface area contributed by atoms with E-state index in [2.05, 4.69) is 40.8 Å². The maximum absolute atomic E-state index is 13.8. The smallest absolute Gasteiger partial charge is 0.429 e. The second-order valence-electron chi connectivity index (χ2n) is 11.0. The Balaban J connectivity index is 1.61. The van der Waals surface area contributed by atoms with Gasteiger partial charge in [0.15, 0.2) is 22.7 Å². The normalized spacial score (nSPS) is 15.7. The van der Waals surface area contributed by atoms with Crippen molar-refractivity contribution in [3.63, 3.8) is 0 Å². The van der Waals surface area contributed by atoms with Crippen LogP contribution in [-0.4, -0.2) is 101 Å². The first-order valence-electron chi connectivity index (χ1n) is 15.6. The molecule has 0 fully saturated rings. The third-order valence-electron chi connectivity index (χ3n) is 6.89. The molecule has 26 heteroatoms. The Bertz CT molecular complexity index is 1950. The average Bonchev–Trinajstić information content (AvgIpc) is 3.78. The van der Waals surface area contributed by atoms with Crippen molar-refractivity contribution < 1.29 is 48.0 Å². The average molecular weight is 844 g/mol. The van der Waals surface area contributed by atoms with Crippen LogP contribution in [0.4, 0.5) is 5.13 Å². The second kappa shape index (κ2) is 19.6. The molecule has 1 aliphatic heterocycles. The number of hydrogen-bond donors (Lipinski definition) is 10. The van der Waals surface area contributed by atoms with Gasteiger partial charge in [0.2, 0.25) is 22.6 Å². The highest BCUT2D eigenvalue weighted by Gasteiger charge is 2.38. The highest BCUT2D eigenvalue weighted by Crippen LogP contribution is 2.39. The molecule has 0 radical (unpaired) electrons. The molecule has 4 rings (SSSR count). The predicted octanol–water partition coefficient (Wildman–Crippen LogP) is -0.0859. The standard InChI is InChI=1S/C28H35N12O9PS4/c1-3-49-37-19(21-36-27(54-39-21)38-50(46,47)48)22(42)34-20(23(43)32-15(11-41)5-4-8-31-26(29)30)24-35-18(25(44)45)17(13-51-24)53-28-33-16(12-52-28)14-6-9-40(2)10-7-14/h6-7,9-12,15,20,24,35H,3-5,8,13H2,1-2H3,(H9-,29,30,31,32,34,36,38,39,42,43,44,45,46,47,48)/p+1/b37-19-/t15?,20-,24-/m1/s1. The number of aromatic nitrogens is 4. The SMILES string of the molecule is CCO/N=C(\C(=O)N[C@H](C(=O)NC(C=O)CCCNC(=N)N)[C@@H]1NC(C(=O)O)=C(Sc2nc(-c3cc[n+](C)cc3)cs2)CS1)c1nsc(NP(=O)(O)O)n1. The summed E-state index contributed by atoms with van der Waals surface area (Å²) in [5.41, 5.74) is 6.08. The molecule has 290 valence electrons. The summed E-state index contributed by atoms with van der Waals surface area (Å²) in [6.07, 6.45) is 4.72. The summed E-state index contributed by atoms with van der Waals surface area (Å²) in [6.45, 7) is 1.81. The summed E-state index contributed by atoms with van der Waals surface area (Å²) in [4.78, 5) is 84.6. The molecule has 0 bridgehead atoms. The Morgan fingerprint density at radius 1 is 1.28 bits per heavy atom. The molecule has 0 aromatic carbocycles. The van der Waals surface area contributed by atoms with Crippen LogP contribution in [0, 0.1) is 5.41 Å². The predicted molar refractivity (Wildman–Crippen MR) is 201 cm³/mol. The number of carboxylic acids is 1. The first-order valence-corrected chi connectivity index (χ1v) is 20.8. The lowest BCUT2D eigenvalue weighted by atomic mass is 10.1. The number of anilines is 1. The first kappa shape index (κ1) is 42.1. The maximum Gasteiger partial charge on any atom is 0.429 e. The van der Waals surface area contributed by atoms with Crippen LogP contribution in [-0.2, 0) is 35.6 Å². The van der Waals surface area contributed by atoms with E-state index in [1.165, 1.54) is 11.3 Å². The number of guanidine groups is 1. The Kier molecular flexibility index (Phi) is 15.3. The van der Waals surface area contributed by atoms with Gasteiger partial charge in [-0.3, -0.25) is 20.1 Å². The zero-order valence-corrected chi connectivity index (χ0v) is 32.6. The van der Waals surface area contributed by atoms with Crippen LogP contribution in [0.25, 0.3) is 11.3 Å². The Hall–Kier alpha value is -4.65. The Labute approximate surface area is 323 Å². The van der Waals surface area contributed by atoms with Gasteiger partial charge in [0, 0.05) is 51.8 Å². The number of nitrogens with one attached hydrogen (secondary N) is 6. The van der Waals surface area contributed by atoms with Crippen LogP contribution in [0.3, 0.4) is 0 Å². The highest BCUT2D eigenvalue weighted by atomic mass is 32.2. The van der Waals surface area contributed by atoms with Crippen molar-refractivity contribution >= 4 is 95.0 Å². The fourth-order valence-electron chi connectivity index (χ4n) is 4.44. The first-order chi connectivity index (χ1) is 25.7. The van der Waals surface area contributed by atoms with Gasteiger partial charge in [0.1, 0.15) is 37.1 Å². The number of pyridine rings is 1. The van der Waals surface area contributed by atoms with Crippen molar-refractivity contribution in [3.8, 4) is 11.3 Å². The number of carbonyl (C=O) groups is 4. The van der Waals surface area contributed by atoms with Gasteiger partial charge in [0.25, 0.3) is 5.91 Å². The monoisotopic (exact) mass is 843 g/mol. The third kappa shape index (κ3) is 12.5. The van der Waals surface area contributed by atoms with Crippen molar-refractivity contribution in [3.05, 3.63) is 46.3 Å². The maximum atomic E-state index is 13.8. The largest absolute Gasteiger partial charge is 0.477 e. The van der Waals surface area contributed by atoms with Crippen LogP contribution >= 0.6 is 54.1 Å². The van der Waals surface area contributed by atoms with E-state index in [1.807, 2.05) is 46.6 Å². The number of rotatable bonds is 19. The van der Waals surface area contributed by atoms with Gasteiger partial charge in [0.05, 0.1) is 11.7 Å². The molecule has 54 heavy (non-hydrogen) atoms. The summed E-state index contributed by atoms with van der Waals surface area (Å²) in [7, 11) is -2.89. The minimum atomic E-state index is -4.78. The van der Waals surface area contributed by atoms with Crippen LogP contribution in [0.15, 0.2) is 50.0 Å². The van der Waals surface area contributed by atoms with Crippen molar-refractivity contribution in [2.24, 2.45) is 17.9 Å². The quantitative estimate of drug-likeness (QED) is 0.0143. The number of hydrogen-bond acceptors (Lipinski definition) is 16. The topological polar surface area (TPSA) is 320 Å². The summed E-state index contributed by atoms with van der Waals surface area (Å²) >= 11 is 4.09. The minimum Gasteiger partial charge on any atom is -0.477 e. The van der Waals surface area contributed by atoms with Crippen molar-refractivity contribution in [1.29, 1.82) is 5.41 Å². The van der Waals surface area contributed by atoms with E-state index in [4.69, 9.17) is 16.0 Å². The molecule has 2 amide bonds. The molecule has 3 atom stereocenters. The van der Waals surface area contributed by atoms with E-state index in [9.17, 15) is 38.6 Å². The van der Waals surface area contributed by atoms with Crippen LogP contribution < -0.4 is 36.7 Å². The van der Waals surface area contributed by atoms with Crippen molar-refractivity contribution in [1.82, 2.24) is 35.6 Å². The molecule has 4 heterocycles. The van der Waals surface area contributed by atoms with E-state index in [0.717, 1.165) is 29.1 Å². The molecule has 3 aromatic heterocycles. The molecule has 21 nitrogen and oxygen atoms in total. The molecule has 3 aromatic rings. The fraction of sp³-hybridized carbons (Fsp3) is 0.357. The summed E-state index contributed by atoms with van der Waals surface area (Å²) in [5, 5.41) is 34.0. The van der Waals surface area contributed by atoms with Crippen LogP contribution in [0.2, 0.25) is 0 Å². The third-order valence-corrected chi connectivity index (χ3v) is 11.6. The molecular formula is C28H36N12O9PS4+. The highest BCUT2D eigenvalue weighted by molar-refractivity contribution is 8.07. The minimum absolute atomic E-state index is 0.00412. The van der Waals surface area contributed by atoms with Gasteiger partial charge in [-0.25, -0.2) is 18.9 Å². The number of aldehydes is 1. The number of thioether (sulfide) groups is 2. The van der Waals surface area contributed by atoms with E-state index in [0.29, 0.717) is 39.2 Å². The number of nitrogens with two attached hydrogens (primary N) is 1. The van der Waals surface area contributed by atoms with Crippen molar-refractivity contribution in [2.45, 2.75) is 41.6 Å². The zero-order chi connectivity index (χ0) is 39.4. The molecule has 0 spiro atoms. The molecule has 1 aliphatic rings. The zero-order valence-electron chi connectivity index (χ0n) is 28.4. The lowest BCUT2D eigenvalue weighted by molar-refractivity contribution is -0.671.